The van der Waals surface area contributed by atoms with E-state index in [2.05, 4.69) is 5.32 Å². The molecule has 0 radical (unpaired) electrons. The predicted molar refractivity (Wildman–Crippen MR) is 96.5 cm³/mol. The number of nitrogens with zero attached hydrogens (tertiary/aromatic N) is 2. The van der Waals surface area contributed by atoms with E-state index < -0.39 is 11.6 Å². The summed E-state index contributed by atoms with van der Waals surface area (Å²) in [5.41, 5.74) is -0.784. The molecule has 0 bridgehead atoms. The minimum atomic E-state index is -0.784. The van der Waals surface area contributed by atoms with Crippen LogP contribution in [0.15, 0.2) is 12.1 Å². The molecule has 1 N–H and O–H groups in total. The summed E-state index contributed by atoms with van der Waals surface area (Å²) < 4.78 is 0.673. The smallest absolute Gasteiger partial charge is 0.325 e. The largest absolute Gasteiger partial charge is 0.336 e. The molecule has 1 saturated carbocycles. The number of hydrogen-bond donors (Lipinski definition) is 1. The van der Waals surface area contributed by atoms with E-state index in [0.717, 1.165) is 29.0 Å². The van der Waals surface area contributed by atoms with Crippen molar-refractivity contribution in [3.05, 3.63) is 21.3 Å². The fourth-order valence-corrected chi connectivity index (χ4v) is 4.65. The van der Waals surface area contributed by atoms with Crippen molar-refractivity contribution in [3.63, 3.8) is 0 Å². The summed E-state index contributed by atoms with van der Waals surface area (Å²) in [6.45, 7) is 2.60. The Kier molecular flexibility index (Phi) is 5.34. The number of carbonyl (C=O) groups is 3. The zero-order valence-electron chi connectivity index (χ0n) is 14.2. The van der Waals surface area contributed by atoms with Gasteiger partial charge >= 0.3 is 6.03 Å². The number of carbonyl (C=O) groups excluding carboxylic acids is 3. The van der Waals surface area contributed by atoms with Crippen molar-refractivity contribution in [2.24, 2.45) is 0 Å². The van der Waals surface area contributed by atoms with Crippen LogP contribution in [0, 0.1) is 0 Å². The van der Waals surface area contributed by atoms with E-state index in [9.17, 15) is 14.4 Å². The number of likely N-dealkylation sites (N-methyl/N-ethyl adjacent to an activating group) is 1. The first-order chi connectivity index (χ1) is 11.9. The summed E-state index contributed by atoms with van der Waals surface area (Å²) in [5.74, 6) is -0.482. The van der Waals surface area contributed by atoms with E-state index in [1.165, 1.54) is 11.3 Å². The number of rotatable bonds is 5. The van der Waals surface area contributed by atoms with Gasteiger partial charge in [0.1, 0.15) is 12.1 Å². The standard InChI is InChI=1S/C17H22ClN3O3S/c1-2-20(10-12-6-7-13(18)25-12)14(22)11-21-15(23)17(19-16(21)24)8-4-3-5-9-17/h6-7H,2-5,8-11H2,1H3,(H,19,24). The summed E-state index contributed by atoms with van der Waals surface area (Å²) >= 11 is 7.36. The van der Waals surface area contributed by atoms with Gasteiger partial charge in [-0.1, -0.05) is 30.9 Å². The fourth-order valence-electron chi connectivity index (χ4n) is 3.55. The van der Waals surface area contributed by atoms with Crippen LogP contribution in [0.25, 0.3) is 0 Å². The number of imide groups is 1. The number of halogens is 1. The molecule has 4 amide bonds. The molecule has 1 aliphatic carbocycles. The van der Waals surface area contributed by atoms with Crippen molar-refractivity contribution in [2.45, 2.75) is 51.1 Å². The summed E-state index contributed by atoms with van der Waals surface area (Å²) in [5, 5.41) is 2.84. The summed E-state index contributed by atoms with van der Waals surface area (Å²) in [6, 6.07) is 3.23. The van der Waals surface area contributed by atoms with Gasteiger partial charge in [0.15, 0.2) is 0 Å². The first kappa shape index (κ1) is 18.2. The SMILES string of the molecule is CCN(Cc1ccc(Cl)s1)C(=O)CN1C(=O)NC2(CCCCC2)C1=O. The Morgan fingerprint density at radius 2 is 2.04 bits per heavy atom. The number of amides is 4. The van der Waals surface area contributed by atoms with Crippen LogP contribution in [0.3, 0.4) is 0 Å². The van der Waals surface area contributed by atoms with Gasteiger partial charge in [-0.25, -0.2) is 4.79 Å². The highest BCUT2D eigenvalue weighted by atomic mass is 35.5. The van der Waals surface area contributed by atoms with E-state index in [-0.39, 0.29) is 18.4 Å². The first-order valence-corrected chi connectivity index (χ1v) is 9.81. The number of nitrogens with one attached hydrogen (secondary N) is 1. The van der Waals surface area contributed by atoms with Crippen LogP contribution < -0.4 is 5.32 Å². The Bertz CT molecular complexity index is 684. The quantitative estimate of drug-likeness (QED) is 0.794. The van der Waals surface area contributed by atoms with E-state index in [1.54, 1.807) is 11.0 Å². The maximum absolute atomic E-state index is 12.8. The van der Waals surface area contributed by atoms with Gasteiger partial charge in [-0.15, -0.1) is 11.3 Å². The molecule has 6 nitrogen and oxygen atoms in total. The zero-order chi connectivity index (χ0) is 18.0. The highest BCUT2D eigenvalue weighted by molar-refractivity contribution is 7.16. The molecule has 1 aromatic rings. The number of thiophene rings is 1. The zero-order valence-corrected chi connectivity index (χ0v) is 15.8. The second-order valence-corrected chi connectivity index (χ2v) is 8.38. The van der Waals surface area contributed by atoms with Gasteiger partial charge < -0.3 is 10.2 Å². The average molecular weight is 384 g/mol. The van der Waals surface area contributed by atoms with E-state index in [4.69, 9.17) is 11.6 Å². The Hall–Kier alpha value is -1.60. The maximum atomic E-state index is 12.8. The minimum absolute atomic E-state index is 0.209. The minimum Gasteiger partial charge on any atom is -0.336 e. The molecule has 1 saturated heterocycles. The van der Waals surface area contributed by atoms with Gasteiger partial charge in [-0.05, 0) is 31.9 Å². The molecule has 2 heterocycles. The Morgan fingerprint density at radius 3 is 2.64 bits per heavy atom. The third-order valence-corrected chi connectivity index (χ3v) is 6.17. The molecule has 8 heteroatoms. The molecule has 2 fully saturated rings. The van der Waals surface area contributed by atoms with Gasteiger partial charge in [0, 0.05) is 11.4 Å². The summed E-state index contributed by atoms with van der Waals surface area (Å²) in [6.07, 6.45) is 4.25. The topological polar surface area (TPSA) is 69.7 Å². The molecule has 1 aromatic heterocycles. The van der Waals surface area contributed by atoms with Crippen molar-refractivity contribution < 1.29 is 14.4 Å². The molecule has 136 valence electrons. The lowest BCUT2D eigenvalue weighted by Gasteiger charge is -2.30. The number of hydrogen-bond acceptors (Lipinski definition) is 4. The van der Waals surface area contributed by atoms with Gasteiger partial charge in [0.05, 0.1) is 10.9 Å². The molecule has 1 aliphatic heterocycles. The molecular formula is C17H22ClN3O3S. The molecule has 2 aliphatic rings. The molecule has 25 heavy (non-hydrogen) atoms. The molecule has 0 unspecified atom stereocenters. The van der Waals surface area contributed by atoms with Gasteiger partial charge in [0.25, 0.3) is 5.91 Å². The van der Waals surface area contributed by atoms with Crippen LogP contribution in [0.1, 0.15) is 43.9 Å². The maximum Gasteiger partial charge on any atom is 0.325 e. The van der Waals surface area contributed by atoms with Crippen molar-refractivity contribution in [3.8, 4) is 0 Å². The Morgan fingerprint density at radius 1 is 1.32 bits per heavy atom. The van der Waals surface area contributed by atoms with Gasteiger partial charge in [0.2, 0.25) is 5.91 Å². The van der Waals surface area contributed by atoms with Crippen molar-refractivity contribution >= 4 is 40.8 Å². The summed E-state index contributed by atoms with van der Waals surface area (Å²) in [4.78, 5) is 41.3. The van der Waals surface area contributed by atoms with Gasteiger partial charge in [-0.2, -0.15) is 0 Å². The third-order valence-electron chi connectivity index (χ3n) is 4.96. The van der Waals surface area contributed by atoms with E-state index >= 15 is 0 Å². The molecule has 0 aromatic carbocycles. The first-order valence-electron chi connectivity index (χ1n) is 8.61. The molecule has 0 atom stereocenters. The Balaban J connectivity index is 1.66. The molecule has 3 rings (SSSR count). The third kappa shape index (κ3) is 3.67. The predicted octanol–water partition coefficient (Wildman–Crippen LogP) is 3.00. The fraction of sp³-hybridized carbons (Fsp3) is 0.588. The van der Waals surface area contributed by atoms with Crippen molar-refractivity contribution in [1.82, 2.24) is 15.1 Å². The second-order valence-electron chi connectivity index (χ2n) is 6.58. The lowest BCUT2D eigenvalue weighted by atomic mass is 9.82. The monoisotopic (exact) mass is 383 g/mol. The highest BCUT2D eigenvalue weighted by Crippen LogP contribution is 2.33. The molecular weight excluding hydrogens is 362 g/mol. The average Bonchev–Trinajstić information content (AvgIpc) is 3.10. The van der Waals surface area contributed by atoms with E-state index in [1.807, 2.05) is 13.0 Å². The van der Waals surface area contributed by atoms with Crippen LogP contribution in [-0.4, -0.2) is 46.3 Å². The van der Waals surface area contributed by atoms with Crippen LogP contribution in [0.2, 0.25) is 4.34 Å². The lowest BCUT2D eigenvalue weighted by molar-refractivity contribution is -0.139. The van der Waals surface area contributed by atoms with Crippen LogP contribution in [0.5, 0.6) is 0 Å². The van der Waals surface area contributed by atoms with Crippen LogP contribution >= 0.6 is 22.9 Å². The number of urea groups is 1. The van der Waals surface area contributed by atoms with E-state index in [0.29, 0.717) is 30.3 Å². The second kappa shape index (κ2) is 7.33. The van der Waals surface area contributed by atoms with Crippen LogP contribution in [-0.2, 0) is 16.1 Å². The van der Waals surface area contributed by atoms with Crippen molar-refractivity contribution in [1.29, 1.82) is 0 Å². The molecule has 1 spiro atoms. The van der Waals surface area contributed by atoms with Crippen LogP contribution in [0.4, 0.5) is 4.79 Å². The van der Waals surface area contributed by atoms with Crippen molar-refractivity contribution in [2.75, 3.05) is 13.1 Å². The highest BCUT2D eigenvalue weighted by Gasteiger charge is 2.51. The normalized spacial score (nSPS) is 19.4. The Labute approximate surface area is 156 Å². The van der Waals surface area contributed by atoms with Gasteiger partial charge in [-0.3, -0.25) is 14.5 Å². The summed E-state index contributed by atoms with van der Waals surface area (Å²) in [7, 11) is 0. The lowest BCUT2D eigenvalue weighted by Crippen LogP contribution is -2.49.